The number of hydrogen-bond acceptors (Lipinski definition) is 4. The summed E-state index contributed by atoms with van der Waals surface area (Å²) in [5.74, 6) is 2.89. The Morgan fingerprint density at radius 2 is 1.70 bits per heavy atom. The molecule has 0 amide bonds. The normalized spacial score (nSPS) is 44.1. The lowest BCUT2D eigenvalue weighted by molar-refractivity contribution is -0.180. The van der Waals surface area contributed by atoms with E-state index in [1.54, 1.807) is 13.2 Å². The Morgan fingerprint density at radius 3 is 2.37 bits per heavy atom. The molecule has 4 saturated carbocycles. The molecule has 0 aliphatic heterocycles. The van der Waals surface area contributed by atoms with Crippen LogP contribution in [0.3, 0.4) is 0 Å². The molecule has 0 saturated heterocycles. The molecular weight excluding hydrogens is 374 g/mol. The van der Waals surface area contributed by atoms with Crippen molar-refractivity contribution in [3.8, 4) is 6.07 Å². The molecule has 4 aliphatic carbocycles. The minimum absolute atomic E-state index is 0.102. The number of aliphatic hydroxyl groups is 1. The second-order valence-corrected chi connectivity index (χ2v) is 10.4. The van der Waals surface area contributed by atoms with Gasteiger partial charge < -0.3 is 14.6 Å². The molecule has 30 heavy (non-hydrogen) atoms. The van der Waals surface area contributed by atoms with Crippen LogP contribution >= 0.6 is 0 Å². The molecule has 4 aliphatic rings. The molecule has 4 nitrogen and oxygen atoms in total. The van der Waals surface area contributed by atoms with Gasteiger partial charge in [0.2, 0.25) is 0 Å². The summed E-state index contributed by atoms with van der Waals surface area (Å²) >= 11 is 0. The van der Waals surface area contributed by atoms with E-state index in [4.69, 9.17) is 14.7 Å². The van der Waals surface area contributed by atoms with E-state index in [0.29, 0.717) is 30.7 Å². The molecule has 0 aromatic heterocycles. The first kappa shape index (κ1) is 25.6. The van der Waals surface area contributed by atoms with Gasteiger partial charge in [0.05, 0.1) is 31.5 Å². The van der Waals surface area contributed by atoms with Crippen molar-refractivity contribution in [1.82, 2.24) is 0 Å². The Labute approximate surface area is 185 Å². The highest BCUT2D eigenvalue weighted by Gasteiger charge is 2.61. The van der Waals surface area contributed by atoms with Crippen LogP contribution in [0, 0.1) is 45.8 Å². The van der Waals surface area contributed by atoms with Gasteiger partial charge in [0, 0.05) is 14.0 Å². The highest BCUT2D eigenvalue weighted by Crippen LogP contribution is 2.66. The van der Waals surface area contributed by atoms with Gasteiger partial charge in [-0.3, -0.25) is 0 Å². The quantitative estimate of drug-likeness (QED) is 0.567. The molecule has 4 fully saturated rings. The van der Waals surface area contributed by atoms with Crippen molar-refractivity contribution in [2.24, 2.45) is 34.5 Å². The Morgan fingerprint density at radius 1 is 1.03 bits per heavy atom. The molecule has 0 aromatic rings. The first-order valence-corrected chi connectivity index (χ1v) is 12.5. The zero-order valence-electron chi connectivity index (χ0n) is 20.5. The van der Waals surface area contributed by atoms with Crippen LogP contribution in [-0.4, -0.2) is 37.6 Å². The lowest BCUT2D eigenvalue weighted by Gasteiger charge is -2.62. The highest BCUT2D eigenvalue weighted by molar-refractivity contribution is 5.10. The second kappa shape index (κ2) is 11.3. The summed E-state index contributed by atoms with van der Waals surface area (Å²) < 4.78 is 11.3. The summed E-state index contributed by atoms with van der Waals surface area (Å²) in [5.41, 5.74) is 0.676. The van der Waals surface area contributed by atoms with Crippen molar-refractivity contribution in [2.75, 3.05) is 20.3 Å². The van der Waals surface area contributed by atoms with Gasteiger partial charge in [-0.2, -0.15) is 5.26 Å². The van der Waals surface area contributed by atoms with E-state index in [-0.39, 0.29) is 11.5 Å². The Bertz CT molecular complexity index is 559. The topological polar surface area (TPSA) is 62.5 Å². The standard InChI is InChI=1S/C22H38O3.C2H3N.C2H6/c1-21-10-4-5-18(21)17-9-7-15-6-8-16(25-12-11-24-3)13-22(15,2)20(17)19(23)14-21;1-2-3;1-2/h15-20,23H,4-14H2,1-3H3;1H3;1-2H3. The summed E-state index contributed by atoms with van der Waals surface area (Å²) in [4.78, 5) is 0. The minimum Gasteiger partial charge on any atom is -0.393 e. The number of ether oxygens (including phenoxy) is 2. The van der Waals surface area contributed by atoms with E-state index in [9.17, 15) is 5.11 Å². The monoisotopic (exact) mass is 421 g/mol. The SMILES string of the molecule is CC.CC#N.COCCOC1CCC2CCC3C4CCCC4(C)CC(O)C3C2(C)C1. The van der Waals surface area contributed by atoms with Gasteiger partial charge in [0.15, 0.2) is 0 Å². The fourth-order valence-electron chi connectivity index (χ4n) is 7.89. The lowest BCUT2D eigenvalue weighted by atomic mass is 9.44. The maximum atomic E-state index is 11.3. The van der Waals surface area contributed by atoms with E-state index in [1.165, 1.54) is 51.9 Å². The van der Waals surface area contributed by atoms with E-state index in [1.807, 2.05) is 13.8 Å². The Balaban J connectivity index is 0.000000590. The fraction of sp³-hybridized carbons (Fsp3) is 0.962. The molecule has 0 spiro atoms. The maximum Gasteiger partial charge on any atom is 0.0704 e. The van der Waals surface area contributed by atoms with Crippen molar-refractivity contribution >= 4 is 0 Å². The van der Waals surface area contributed by atoms with Gasteiger partial charge in [-0.05, 0) is 85.9 Å². The number of rotatable bonds is 4. The summed E-state index contributed by atoms with van der Waals surface area (Å²) in [6.07, 6.45) is 11.8. The average molecular weight is 422 g/mol. The van der Waals surface area contributed by atoms with Gasteiger partial charge in [0.25, 0.3) is 0 Å². The van der Waals surface area contributed by atoms with Crippen LogP contribution in [0.2, 0.25) is 0 Å². The summed E-state index contributed by atoms with van der Waals surface area (Å²) in [6.45, 7) is 11.8. The van der Waals surface area contributed by atoms with Gasteiger partial charge in [-0.15, -0.1) is 0 Å². The molecule has 8 unspecified atom stereocenters. The third-order valence-electron chi connectivity index (χ3n) is 8.91. The van der Waals surface area contributed by atoms with Crippen LogP contribution in [0.5, 0.6) is 0 Å². The summed E-state index contributed by atoms with van der Waals surface area (Å²) in [6, 6.07) is 1.75. The number of fused-ring (bicyclic) bond motifs is 5. The fourth-order valence-corrected chi connectivity index (χ4v) is 7.89. The number of methoxy groups -OCH3 is 1. The third-order valence-corrected chi connectivity index (χ3v) is 8.91. The number of nitrogens with zero attached hydrogens (tertiary/aromatic N) is 1. The third kappa shape index (κ3) is 5.05. The summed E-state index contributed by atoms with van der Waals surface area (Å²) in [7, 11) is 1.74. The molecule has 0 bridgehead atoms. The van der Waals surface area contributed by atoms with Crippen LogP contribution in [-0.2, 0) is 9.47 Å². The number of nitriles is 1. The van der Waals surface area contributed by atoms with Crippen molar-refractivity contribution in [3.05, 3.63) is 0 Å². The predicted molar refractivity (Wildman–Crippen MR) is 122 cm³/mol. The predicted octanol–water partition coefficient (Wildman–Crippen LogP) is 5.98. The number of hydrogen-bond donors (Lipinski definition) is 1. The molecular formula is C26H47NO3. The molecule has 0 aromatic carbocycles. The zero-order valence-corrected chi connectivity index (χ0v) is 20.5. The van der Waals surface area contributed by atoms with Crippen LogP contribution in [0.25, 0.3) is 0 Å². The van der Waals surface area contributed by atoms with Crippen LogP contribution in [0.1, 0.15) is 92.4 Å². The van der Waals surface area contributed by atoms with E-state index in [2.05, 4.69) is 13.8 Å². The highest BCUT2D eigenvalue weighted by atomic mass is 16.5. The van der Waals surface area contributed by atoms with Crippen molar-refractivity contribution < 1.29 is 14.6 Å². The van der Waals surface area contributed by atoms with Crippen LogP contribution in [0.4, 0.5) is 0 Å². The minimum atomic E-state index is -0.102. The zero-order chi connectivity index (χ0) is 22.4. The van der Waals surface area contributed by atoms with Crippen molar-refractivity contribution in [1.29, 1.82) is 5.26 Å². The lowest BCUT2D eigenvalue weighted by Crippen LogP contribution is -2.58. The molecule has 1 N–H and O–H groups in total. The van der Waals surface area contributed by atoms with E-state index >= 15 is 0 Å². The molecule has 174 valence electrons. The smallest absolute Gasteiger partial charge is 0.0704 e. The molecule has 4 heteroatoms. The van der Waals surface area contributed by atoms with Crippen LogP contribution < -0.4 is 0 Å². The van der Waals surface area contributed by atoms with E-state index in [0.717, 1.165) is 30.6 Å². The van der Waals surface area contributed by atoms with Crippen molar-refractivity contribution in [3.63, 3.8) is 0 Å². The number of aliphatic hydroxyl groups excluding tert-OH is 1. The first-order chi connectivity index (χ1) is 14.4. The van der Waals surface area contributed by atoms with Gasteiger partial charge in [-0.1, -0.05) is 34.1 Å². The van der Waals surface area contributed by atoms with Gasteiger partial charge in [-0.25, -0.2) is 0 Å². The first-order valence-electron chi connectivity index (χ1n) is 12.5. The van der Waals surface area contributed by atoms with Gasteiger partial charge >= 0.3 is 0 Å². The summed E-state index contributed by atoms with van der Waals surface area (Å²) in [5, 5.41) is 18.6. The van der Waals surface area contributed by atoms with Crippen LogP contribution in [0.15, 0.2) is 0 Å². The van der Waals surface area contributed by atoms with Crippen molar-refractivity contribution in [2.45, 2.75) is 105 Å². The maximum absolute atomic E-state index is 11.3. The largest absolute Gasteiger partial charge is 0.393 e. The Hall–Kier alpha value is -0.630. The Kier molecular flexibility index (Phi) is 9.65. The molecule has 0 heterocycles. The molecule has 0 radical (unpaired) electrons. The van der Waals surface area contributed by atoms with Gasteiger partial charge in [0.1, 0.15) is 0 Å². The molecule has 8 atom stereocenters. The van der Waals surface area contributed by atoms with E-state index < -0.39 is 0 Å². The average Bonchev–Trinajstić information content (AvgIpc) is 3.10. The molecule has 4 rings (SSSR count). The second-order valence-electron chi connectivity index (χ2n) is 10.4.